The smallest absolute Gasteiger partial charge is 0.410 e. The minimum atomic E-state index is -1.22. The first-order valence-electron chi connectivity index (χ1n) is 13.8. The predicted octanol–water partition coefficient (Wildman–Crippen LogP) is 1.58. The van der Waals surface area contributed by atoms with E-state index in [1.165, 1.54) is 15.6 Å². The van der Waals surface area contributed by atoms with Crippen molar-refractivity contribution >= 4 is 29.5 Å². The molecule has 0 radical (unpaired) electrons. The zero-order chi connectivity index (χ0) is 29.4. The number of ketones is 2. The molecule has 2 heterocycles. The maximum Gasteiger partial charge on any atom is 0.410 e. The molecule has 2 amide bonds. The van der Waals surface area contributed by atoms with Crippen LogP contribution in [0.15, 0.2) is 36.4 Å². The van der Waals surface area contributed by atoms with Crippen LogP contribution in [0.2, 0.25) is 0 Å². The van der Waals surface area contributed by atoms with Crippen LogP contribution in [0.5, 0.6) is 5.88 Å². The van der Waals surface area contributed by atoms with Gasteiger partial charge in [0.25, 0.3) is 5.91 Å². The second-order valence-corrected chi connectivity index (χ2v) is 9.97. The zero-order valence-electron chi connectivity index (χ0n) is 22.9. The summed E-state index contributed by atoms with van der Waals surface area (Å²) in [6.45, 7) is 2.43. The van der Waals surface area contributed by atoms with E-state index < -0.39 is 35.8 Å². The van der Waals surface area contributed by atoms with Crippen molar-refractivity contribution in [3.63, 3.8) is 0 Å². The monoisotopic (exact) mass is 569 g/mol. The molecule has 2 aliphatic rings. The molecule has 2 fully saturated rings. The summed E-state index contributed by atoms with van der Waals surface area (Å²) < 4.78 is 12.3. The Morgan fingerprint density at radius 3 is 2.59 bits per heavy atom. The van der Waals surface area contributed by atoms with Gasteiger partial charge in [-0.1, -0.05) is 24.6 Å². The van der Waals surface area contributed by atoms with Crippen LogP contribution in [0.4, 0.5) is 4.79 Å². The average molecular weight is 570 g/mol. The van der Waals surface area contributed by atoms with E-state index in [0.717, 1.165) is 19.3 Å². The third-order valence-electron chi connectivity index (χ3n) is 7.20. The molecule has 1 aromatic heterocycles. The zero-order valence-corrected chi connectivity index (χ0v) is 22.9. The van der Waals surface area contributed by atoms with Crippen molar-refractivity contribution in [3.8, 4) is 11.6 Å². The third kappa shape index (κ3) is 7.48. The average Bonchev–Trinajstić information content (AvgIpc) is 3.38. The molecule has 2 aromatic rings. The number of carboxylic acids is 1. The summed E-state index contributed by atoms with van der Waals surface area (Å²) in [6, 6.07) is 8.11. The summed E-state index contributed by atoms with van der Waals surface area (Å²) in [5, 5.41) is 19.3. The summed E-state index contributed by atoms with van der Waals surface area (Å²) in [5.41, 5.74) is 0.506. The van der Waals surface area contributed by atoms with E-state index in [0.29, 0.717) is 12.2 Å². The van der Waals surface area contributed by atoms with Crippen LogP contribution in [-0.4, -0.2) is 94.3 Å². The molecular weight excluding hydrogens is 534 g/mol. The molecular formula is C28H35N5O8. The van der Waals surface area contributed by atoms with Crippen molar-refractivity contribution in [3.05, 3.63) is 42.1 Å². The maximum absolute atomic E-state index is 13.6. The Morgan fingerprint density at radius 2 is 1.93 bits per heavy atom. The largest absolute Gasteiger partial charge is 0.481 e. The molecule has 4 rings (SSSR count). The van der Waals surface area contributed by atoms with Crippen molar-refractivity contribution < 1.29 is 38.6 Å². The maximum atomic E-state index is 13.6. The first-order valence-corrected chi connectivity index (χ1v) is 13.8. The Bertz CT molecular complexity index is 1260. The Kier molecular flexibility index (Phi) is 10.1. The van der Waals surface area contributed by atoms with Gasteiger partial charge in [-0.05, 0) is 38.3 Å². The van der Waals surface area contributed by atoms with Crippen LogP contribution < -0.4 is 15.4 Å². The van der Waals surface area contributed by atoms with Crippen molar-refractivity contribution in [1.29, 1.82) is 0 Å². The van der Waals surface area contributed by atoms with Gasteiger partial charge in [-0.15, -0.1) is 0 Å². The molecule has 1 aliphatic carbocycles. The Hall–Kier alpha value is -4.26. The van der Waals surface area contributed by atoms with E-state index in [-0.39, 0.29) is 62.4 Å². The molecule has 1 saturated carbocycles. The van der Waals surface area contributed by atoms with Crippen LogP contribution in [0.25, 0.3) is 5.69 Å². The standard InChI is InChI=1S/C28H35N5O8/c1-2-40-28(39)32-14-13-29-16-22(32)26(37)20(11-12-25(35)36)30-27(38)21-15-24(41-17-23(34)18-7-6-8-18)33(31-21)19-9-4-3-5-10-19/h3-5,9-10,15,18,20,22,29H,2,6-8,11-14,16-17H2,1H3,(H,30,38)(H,35,36)/t20-,22?/m0/s1. The van der Waals surface area contributed by atoms with Gasteiger partial charge in [-0.2, -0.15) is 5.10 Å². The summed E-state index contributed by atoms with van der Waals surface area (Å²) in [7, 11) is 0. The Balaban J connectivity index is 1.55. The molecule has 13 heteroatoms. The van der Waals surface area contributed by atoms with Crippen molar-refractivity contribution in [1.82, 2.24) is 25.3 Å². The minimum Gasteiger partial charge on any atom is -0.481 e. The van der Waals surface area contributed by atoms with Gasteiger partial charge in [-0.25, -0.2) is 9.48 Å². The third-order valence-corrected chi connectivity index (χ3v) is 7.20. The number of nitrogens with one attached hydrogen (secondary N) is 2. The molecule has 1 unspecified atom stereocenters. The SMILES string of the molecule is CCOC(=O)N1CCNCC1C(=O)[C@H](CCC(=O)O)NC(=O)c1cc(OCC(=O)C2CCC2)n(-c2ccccc2)n1. The lowest BCUT2D eigenvalue weighted by Gasteiger charge is -2.36. The van der Waals surface area contributed by atoms with Gasteiger partial charge in [0.15, 0.2) is 17.3 Å². The lowest BCUT2D eigenvalue weighted by molar-refractivity contribution is -0.137. The number of amides is 2. The van der Waals surface area contributed by atoms with Crippen molar-refractivity contribution in [2.24, 2.45) is 5.92 Å². The fourth-order valence-corrected chi connectivity index (χ4v) is 4.73. The van der Waals surface area contributed by atoms with Crippen LogP contribution in [-0.2, 0) is 19.1 Å². The number of para-hydroxylation sites is 1. The predicted molar refractivity (Wildman–Crippen MR) is 145 cm³/mol. The van der Waals surface area contributed by atoms with Gasteiger partial charge in [0.2, 0.25) is 5.88 Å². The topological polar surface area (TPSA) is 169 Å². The quantitative estimate of drug-likeness (QED) is 0.322. The number of hydrogen-bond donors (Lipinski definition) is 3. The van der Waals surface area contributed by atoms with Crippen LogP contribution in [0.3, 0.4) is 0 Å². The molecule has 1 aromatic carbocycles. The first kappa shape index (κ1) is 29.7. The fourth-order valence-electron chi connectivity index (χ4n) is 4.73. The van der Waals surface area contributed by atoms with E-state index in [9.17, 15) is 29.1 Å². The molecule has 3 N–H and O–H groups in total. The van der Waals surface area contributed by atoms with Crippen LogP contribution in [0.1, 0.15) is 49.5 Å². The second kappa shape index (κ2) is 13.9. The number of carboxylic acid groups (broad SMARTS) is 1. The number of ether oxygens (including phenoxy) is 2. The number of Topliss-reactive ketones (excluding diaryl/α,β-unsaturated/α-hetero) is 2. The Morgan fingerprint density at radius 1 is 1.17 bits per heavy atom. The number of rotatable bonds is 13. The Labute approximate surface area is 237 Å². The summed E-state index contributed by atoms with van der Waals surface area (Å²) in [5.74, 6) is -2.26. The molecule has 0 bridgehead atoms. The van der Waals surface area contributed by atoms with Crippen LogP contribution in [0, 0.1) is 5.92 Å². The highest BCUT2D eigenvalue weighted by Gasteiger charge is 2.38. The number of carbonyl (C=O) groups is 5. The lowest BCUT2D eigenvalue weighted by atomic mass is 9.82. The second-order valence-electron chi connectivity index (χ2n) is 9.97. The van der Waals surface area contributed by atoms with E-state index in [2.05, 4.69) is 15.7 Å². The summed E-state index contributed by atoms with van der Waals surface area (Å²) >= 11 is 0. The summed E-state index contributed by atoms with van der Waals surface area (Å²) in [6.07, 6.45) is 1.46. The lowest BCUT2D eigenvalue weighted by Crippen LogP contribution is -2.61. The number of benzene rings is 1. The van der Waals surface area contributed by atoms with Gasteiger partial charge in [0.1, 0.15) is 12.6 Å². The highest BCUT2D eigenvalue weighted by Crippen LogP contribution is 2.28. The molecule has 1 aliphatic heterocycles. The minimum absolute atomic E-state index is 0.0182. The number of piperazine rings is 1. The molecule has 0 spiro atoms. The molecule has 13 nitrogen and oxygen atoms in total. The summed E-state index contributed by atoms with van der Waals surface area (Å²) in [4.78, 5) is 64.5. The van der Waals surface area contributed by atoms with Gasteiger partial charge in [-0.3, -0.25) is 24.1 Å². The molecule has 2 atom stereocenters. The van der Waals surface area contributed by atoms with Crippen molar-refractivity contribution in [2.45, 2.75) is 51.1 Å². The first-order chi connectivity index (χ1) is 19.8. The fraction of sp³-hybridized carbons (Fsp3) is 0.500. The molecule has 1 saturated heterocycles. The van der Waals surface area contributed by atoms with E-state index in [1.807, 2.05) is 6.07 Å². The van der Waals surface area contributed by atoms with E-state index in [4.69, 9.17) is 9.47 Å². The molecule has 41 heavy (non-hydrogen) atoms. The van der Waals surface area contributed by atoms with E-state index >= 15 is 0 Å². The van der Waals surface area contributed by atoms with E-state index in [1.54, 1.807) is 31.2 Å². The number of aliphatic carboxylic acids is 1. The van der Waals surface area contributed by atoms with Crippen LogP contribution >= 0.6 is 0 Å². The van der Waals surface area contributed by atoms with Crippen molar-refractivity contribution in [2.75, 3.05) is 32.8 Å². The number of aromatic nitrogens is 2. The van der Waals surface area contributed by atoms with Gasteiger partial charge in [0.05, 0.1) is 18.3 Å². The number of carbonyl (C=O) groups excluding carboxylic acids is 4. The highest BCUT2D eigenvalue weighted by molar-refractivity contribution is 5.99. The number of hydrogen-bond acceptors (Lipinski definition) is 9. The molecule has 220 valence electrons. The van der Waals surface area contributed by atoms with Gasteiger partial charge in [0, 0.05) is 38.0 Å². The highest BCUT2D eigenvalue weighted by atomic mass is 16.6. The van der Waals surface area contributed by atoms with Gasteiger partial charge >= 0.3 is 12.1 Å². The number of nitrogens with zero attached hydrogens (tertiary/aromatic N) is 3. The normalized spacial score (nSPS) is 17.7. The van der Waals surface area contributed by atoms with Gasteiger partial charge < -0.3 is 25.2 Å².